The molecule has 0 spiro atoms. The second kappa shape index (κ2) is 11.5. The number of hydrogen-bond acceptors (Lipinski definition) is 4. The van der Waals surface area contributed by atoms with Crippen LogP contribution in [0.15, 0.2) is 35.0 Å². The first-order valence-electron chi connectivity index (χ1n) is 10.9. The van der Waals surface area contributed by atoms with Crippen molar-refractivity contribution in [3.63, 3.8) is 0 Å². The predicted octanol–water partition coefficient (Wildman–Crippen LogP) is 7.01. The van der Waals surface area contributed by atoms with Crippen LogP contribution in [0.25, 0.3) is 11.1 Å². The average molecular weight is 430 g/mol. The lowest BCUT2D eigenvalue weighted by atomic mass is 10.1. The van der Waals surface area contributed by atoms with E-state index >= 15 is 0 Å². The topological polar surface area (TPSA) is 37.4 Å². The zero-order valence-corrected chi connectivity index (χ0v) is 19.0. The summed E-state index contributed by atoms with van der Waals surface area (Å²) in [7, 11) is 0. The Balaban J connectivity index is 1.50. The molecule has 3 nitrogen and oxygen atoms in total. The quantitative estimate of drug-likeness (QED) is 0.254. The van der Waals surface area contributed by atoms with Gasteiger partial charge in [0.1, 0.15) is 0 Å². The molecule has 2 amide bonds. The Hall–Kier alpha value is -1.72. The molecule has 2 aromatic rings. The maximum atomic E-state index is 13.1. The van der Waals surface area contributed by atoms with Gasteiger partial charge in [0, 0.05) is 16.3 Å². The van der Waals surface area contributed by atoms with E-state index in [0.29, 0.717) is 17.7 Å². The van der Waals surface area contributed by atoms with Gasteiger partial charge in [0.05, 0.1) is 11.1 Å². The molecule has 0 fully saturated rings. The van der Waals surface area contributed by atoms with E-state index in [9.17, 15) is 9.59 Å². The van der Waals surface area contributed by atoms with E-state index in [4.69, 9.17) is 0 Å². The number of rotatable bonds is 13. The van der Waals surface area contributed by atoms with Gasteiger partial charge in [-0.2, -0.15) is 0 Å². The minimum atomic E-state index is -0.128. The highest BCUT2D eigenvalue weighted by Gasteiger charge is 2.39. The summed E-state index contributed by atoms with van der Waals surface area (Å²) < 4.78 is 0. The van der Waals surface area contributed by atoms with Crippen LogP contribution in [0.5, 0.6) is 0 Å². The van der Waals surface area contributed by atoms with Gasteiger partial charge in [0.15, 0.2) is 0 Å². The third-order valence-electron chi connectivity index (χ3n) is 5.44. The number of amides is 2. The summed E-state index contributed by atoms with van der Waals surface area (Å²) in [5.41, 5.74) is 1.17. The van der Waals surface area contributed by atoms with E-state index in [1.54, 1.807) is 0 Å². The number of carbonyl (C=O) groups is 2. The lowest BCUT2D eigenvalue weighted by Gasteiger charge is -2.14. The molecule has 0 aromatic carbocycles. The summed E-state index contributed by atoms with van der Waals surface area (Å²) in [4.78, 5) is 29.4. The van der Waals surface area contributed by atoms with Crippen LogP contribution >= 0.6 is 22.7 Å². The van der Waals surface area contributed by atoms with Crippen molar-refractivity contribution in [3.05, 3.63) is 44.8 Å². The molecule has 3 heterocycles. The van der Waals surface area contributed by atoms with Crippen LogP contribution in [-0.4, -0.2) is 23.3 Å². The first-order valence-corrected chi connectivity index (χ1v) is 12.7. The minimum absolute atomic E-state index is 0.128. The molecule has 3 rings (SSSR count). The van der Waals surface area contributed by atoms with Gasteiger partial charge < -0.3 is 0 Å². The monoisotopic (exact) mass is 429 g/mol. The van der Waals surface area contributed by atoms with Crippen LogP contribution in [0, 0.1) is 0 Å². The largest absolute Gasteiger partial charge is 0.274 e. The highest BCUT2D eigenvalue weighted by molar-refractivity contribution is 7.13. The van der Waals surface area contributed by atoms with Crippen LogP contribution in [0.1, 0.15) is 80.9 Å². The summed E-state index contributed by atoms with van der Waals surface area (Å²) in [6.07, 6.45) is 12.4. The van der Waals surface area contributed by atoms with Crippen LogP contribution in [-0.2, 0) is 9.59 Å². The standard InChI is InChI=1S/C24H31NO2S2/c1-2-3-4-5-6-7-8-9-10-11-16-25-23(26)21(19-14-12-17-28-19)22(24(25)27)20-15-13-18-29-20/h12-15,17-18H,2-11,16H2,1H3. The zero-order valence-electron chi connectivity index (χ0n) is 17.3. The highest BCUT2D eigenvalue weighted by atomic mass is 32.1. The maximum absolute atomic E-state index is 13.1. The molecule has 0 bridgehead atoms. The van der Waals surface area contributed by atoms with Crippen molar-refractivity contribution in [3.8, 4) is 0 Å². The Labute approximate surface area is 182 Å². The molecule has 29 heavy (non-hydrogen) atoms. The SMILES string of the molecule is CCCCCCCCCCCCN1C(=O)C(c2cccs2)=C(c2cccs2)C1=O. The Morgan fingerprint density at radius 3 is 1.55 bits per heavy atom. The van der Waals surface area contributed by atoms with Gasteiger partial charge in [-0.05, 0) is 29.3 Å². The molecule has 0 aliphatic carbocycles. The molecule has 0 saturated carbocycles. The van der Waals surface area contributed by atoms with Crippen molar-refractivity contribution in [2.75, 3.05) is 6.54 Å². The van der Waals surface area contributed by atoms with Gasteiger partial charge in [0.2, 0.25) is 0 Å². The van der Waals surface area contributed by atoms with Crippen molar-refractivity contribution < 1.29 is 9.59 Å². The Bertz CT molecular complexity index is 750. The van der Waals surface area contributed by atoms with E-state index in [0.717, 1.165) is 22.6 Å². The molecule has 0 radical (unpaired) electrons. The van der Waals surface area contributed by atoms with Crippen molar-refractivity contribution in [1.29, 1.82) is 0 Å². The van der Waals surface area contributed by atoms with E-state index < -0.39 is 0 Å². The van der Waals surface area contributed by atoms with E-state index in [2.05, 4.69) is 6.92 Å². The third kappa shape index (κ3) is 5.67. The molecule has 0 saturated heterocycles. The van der Waals surface area contributed by atoms with Crippen molar-refractivity contribution >= 4 is 45.6 Å². The summed E-state index contributed by atoms with van der Waals surface area (Å²) in [5, 5.41) is 3.91. The average Bonchev–Trinajstić information content (AvgIpc) is 3.46. The predicted molar refractivity (Wildman–Crippen MR) is 124 cm³/mol. The maximum Gasteiger partial charge on any atom is 0.263 e. The summed E-state index contributed by atoms with van der Waals surface area (Å²) in [6.45, 7) is 2.77. The lowest BCUT2D eigenvalue weighted by molar-refractivity contribution is -0.136. The molecule has 0 atom stereocenters. The van der Waals surface area contributed by atoms with Crippen LogP contribution < -0.4 is 0 Å². The molecule has 2 aromatic heterocycles. The van der Waals surface area contributed by atoms with Crippen molar-refractivity contribution in [2.24, 2.45) is 0 Å². The molecule has 5 heteroatoms. The van der Waals surface area contributed by atoms with Gasteiger partial charge >= 0.3 is 0 Å². The molecule has 0 N–H and O–H groups in total. The number of hydrogen-bond donors (Lipinski definition) is 0. The molecule has 1 aliphatic rings. The lowest BCUT2D eigenvalue weighted by Crippen LogP contribution is -2.32. The third-order valence-corrected chi connectivity index (χ3v) is 7.21. The molecule has 1 aliphatic heterocycles. The molecular weight excluding hydrogens is 398 g/mol. The Morgan fingerprint density at radius 2 is 1.14 bits per heavy atom. The van der Waals surface area contributed by atoms with Crippen LogP contribution in [0.2, 0.25) is 0 Å². The fraction of sp³-hybridized carbons (Fsp3) is 0.500. The summed E-state index contributed by atoms with van der Waals surface area (Å²) in [6, 6.07) is 7.73. The fourth-order valence-corrected chi connectivity index (χ4v) is 5.37. The van der Waals surface area contributed by atoms with Gasteiger partial charge in [-0.25, -0.2) is 0 Å². The van der Waals surface area contributed by atoms with Crippen molar-refractivity contribution in [2.45, 2.75) is 71.1 Å². The Kier molecular flexibility index (Phi) is 8.69. The molecule has 0 unspecified atom stereocenters. The molecular formula is C24H31NO2S2. The Morgan fingerprint density at radius 1 is 0.690 bits per heavy atom. The second-order valence-corrected chi connectivity index (χ2v) is 9.54. The number of thiophene rings is 2. The van der Waals surface area contributed by atoms with E-state index in [1.807, 2.05) is 35.0 Å². The first-order chi connectivity index (χ1) is 14.2. The normalized spacial score (nSPS) is 14.4. The van der Waals surface area contributed by atoms with Gasteiger partial charge in [-0.1, -0.05) is 76.8 Å². The number of nitrogens with zero attached hydrogens (tertiary/aromatic N) is 1. The zero-order chi connectivity index (χ0) is 20.5. The fourth-order valence-electron chi connectivity index (χ4n) is 3.84. The van der Waals surface area contributed by atoms with Crippen molar-refractivity contribution in [1.82, 2.24) is 4.90 Å². The highest BCUT2D eigenvalue weighted by Crippen LogP contribution is 2.39. The smallest absolute Gasteiger partial charge is 0.263 e. The van der Waals surface area contributed by atoms with Crippen LogP contribution in [0.4, 0.5) is 0 Å². The number of unbranched alkanes of at least 4 members (excludes halogenated alkanes) is 9. The summed E-state index contributed by atoms with van der Waals surface area (Å²) >= 11 is 3.04. The van der Waals surface area contributed by atoms with Gasteiger partial charge in [0.25, 0.3) is 11.8 Å². The second-order valence-electron chi connectivity index (χ2n) is 7.65. The summed E-state index contributed by atoms with van der Waals surface area (Å²) in [5.74, 6) is -0.256. The number of imide groups is 1. The molecule has 156 valence electrons. The van der Waals surface area contributed by atoms with Gasteiger partial charge in [-0.3, -0.25) is 14.5 Å². The first kappa shape index (κ1) is 22.0. The minimum Gasteiger partial charge on any atom is -0.274 e. The van der Waals surface area contributed by atoms with E-state index in [-0.39, 0.29) is 11.8 Å². The van der Waals surface area contributed by atoms with Crippen LogP contribution in [0.3, 0.4) is 0 Å². The number of carbonyl (C=O) groups excluding carboxylic acids is 2. The van der Waals surface area contributed by atoms with E-state index in [1.165, 1.54) is 78.9 Å². The van der Waals surface area contributed by atoms with Gasteiger partial charge in [-0.15, -0.1) is 22.7 Å².